The number of carbonyl (C=O) groups is 4. The van der Waals surface area contributed by atoms with Gasteiger partial charge in [-0.1, -0.05) is 49.3 Å². The third-order valence-electron chi connectivity index (χ3n) is 6.50. The van der Waals surface area contributed by atoms with E-state index in [1.165, 1.54) is 35.8 Å². The van der Waals surface area contributed by atoms with Crippen LogP contribution in [0.4, 0.5) is 0 Å². The number of benzene rings is 2. The summed E-state index contributed by atoms with van der Waals surface area (Å²) in [6, 6.07) is 8.36. The second-order valence-corrected chi connectivity index (χ2v) is 16.5. The van der Waals surface area contributed by atoms with Crippen molar-refractivity contribution in [2.75, 3.05) is 14.2 Å². The zero-order chi connectivity index (χ0) is 36.4. The summed E-state index contributed by atoms with van der Waals surface area (Å²) in [5, 5.41) is 5.74. The van der Waals surface area contributed by atoms with Crippen molar-refractivity contribution in [1.29, 1.82) is 0 Å². The van der Waals surface area contributed by atoms with Gasteiger partial charge in [0.05, 0.1) is 25.3 Å². The quantitative estimate of drug-likeness (QED) is 0.142. The van der Waals surface area contributed by atoms with Gasteiger partial charge in [-0.3, -0.25) is 9.59 Å². The molecule has 0 radical (unpaired) electrons. The second-order valence-electron chi connectivity index (χ2n) is 14.3. The lowest BCUT2D eigenvalue weighted by Crippen LogP contribution is -2.45. The van der Waals surface area contributed by atoms with Crippen molar-refractivity contribution < 1.29 is 38.1 Å². The van der Waals surface area contributed by atoms with Crippen LogP contribution in [0.25, 0.3) is 0 Å². The van der Waals surface area contributed by atoms with Crippen LogP contribution in [0.5, 0.6) is 11.5 Å². The molecule has 10 nitrogen and oxygen atoms in total. The summed E-state index contributed by atoms with van der Waals surface area (Å²) in [4.78, 5) is 54.5. The summed E-state index contributed by atoms with van der Waals surface area (Å²) < 4.78 is 22.1. The molecular formula is C36H52N2O8S2. The molecule has 2 aromatic rings. The van der Waals surface area contributed by atoms with E-state index in [9.17, 15) is 19.2 Å². The molecule has 0 heterocycles. The molecule has 0 aliphatic heterocycles. The molecule has 2 atom stereocenters. The van der Waals surface area contributed by atoms with Crippen molar-refractivity contribution >= 4 is 45.3 Å². The molecule has 2 amide bonds. The lowest BCUT2D eigenvalue weighted by molar-refractivity contribution is -0.158. The molecule has 2 aromatic carbocycles. The van der Waals surface area contributed by atoms with E-state index in [2.05, 4.69) is 10.6 Å². The summed E-state index contributed by atoms with van der Waals surface area (Å²) in [6.07, 6.45) is 0.800. The topological polar surface area (TPSA) is 129 Å². The Labute approximate surface area is 293 Å². The van der Waals surface area contributed by atoms with E-state index in [4.69, 9.17) is 18.9 Å². The number of hydrogen-bond donors (Lipinski definition) is 2. The van der Waals surface area contributed by atoms with Crippen LogP contribution in [0.1, 0.15) is 103 Å². The first-order valence-electron chi connectivity index (χ1n) is 16.0. The Morgan fingerprint density at radius 1 is 0.625 bits per heavy atom. The lowest BCUT2D eigenvalue weighted by atomic mass is 10.0. The Morgan fingerprint density at radius 3 is 1.23 bits per heavy atom. The summed E-state index contributed by atoms with van der Waals surface area (Å²) in [5.41, 5.74) is -0.781. The first-order valence-corrected chi connectivity index (χ1v) is 18.2. The molecule has 0 saturated carbocycles. The maximum atomic E-state index is 13.7. The molecule has 2 N–H and O–H groups in total. The average molecular weight is 705 g/mol. The molecule has 2 rings (SSSR count). The summed E-state index contributed by atoms with van der Waals surface area (Å²) in [5.74, 6) is -0.612. The van der Waals surface area contributed by atoms with Crippen molar-refractivity contribution in [3.8, 4) is 11.5 Å². The standard InChI is InChI=1S/C36H52N2O8S2/c1-21(2)17-27(33(41)45-35(5,6)7)37-31(39)25-15-13-23(43-11)19-29(25)47-48-30-20-24(44-12)14-16-26(30)32(40)38-28(18-22(3)4)34(42)46-36(8,9)10/h13-16,19-22,27-28H,17-18H2,1-12H3,(H,37,39)(H,38,40)/t27-,28+. The molecular weight excluding hydrogens is 653 g/mol. The Hall–Kier alpha value is -3.38. The van der Waals surface area contributed by atoms with E-state index in [1.807, 2.05) is 27.7 Å². The zero-order valence-electron chi connectivity index (χ0n) is 30.3. The highest BCUT2D eigenvalue weighted by atomic mass is 33.1. The monoisotopic (exact) mass is 704 g/mol. The fraction of sp³-hybridized carbons (Fsp3) is 0.556. The number of ether oxygens (including phenoxy) is 4. The van der Waals surface area contributed by atoms with Crippen LogP contribution < -0.4 is 20.1 Å². The average Bonchev–Trinajstić information content (AvgIpc) is 2.96. The van der Waals surface area contributed by atoms with Crippen LogP contribution in [0, 0.1) is 11.8 Å². The maximum absolute atomic E-state index is 13.7. The van der Waals surface area contributed by atoms with Gasteiger partial charge in [-0.25, -0.2) is 9.59 Å². The zero-order valence-corrected chi connectivity index (χ0v) is 31.9. The molecule has 12 heteroatoms. The Morgan fingerprint density at radius 2 is 0.958 bits per heavy atom. The molecule has 266 valence electrons. The summed E-state index contributed by atoms with van der Waals surface area (Å²) in [7, 11) is 5.55. The van der Waals surface area contributed by atoms with Gasteiger partial charge in [0.1, 0.15) is 34.8 Å². The first-order chi connectivity index (χ1) is 22.2. The number of rotatable bonds is 15. The van der Waals surface area contributed by atoms with Crippen LogP contribution >= 0.6 is 21.6 Å². The van der Waals surface area contributed by atoms with Crippen molar-refractivity contribution in [1.82, 2.24) is 10.6 Å². The smallest absolute Gasteiger partial charge is 0.329 e. The largest absolute Gasteiger partial charge is 0.497 e. The minimum absolute atomic E-state index is 0.121. The Bertz CT molecular complexity index is 1320. The molecule has 0 aromatic heterocycles. The van der Waals surface area contributed by atoms with Crippen molar-refractivity contribution in [3.05, 3.63) is 47.5 Å². The van der Waals surface area contributed by atoms with E-state index in [-0.39, 0.29) is 11.8 Å². The molecule has 48 heavy (non-hydrogen) atoms. The van der Waals surface area contributed by atoms with E-state index in [0.29, 0.717) is 45.3 Å². The lowest BCUT2D eigenvalue weighted by Gasteiger charge is -2.26. The van der Waals surface area contributed by atoms with Gasteiger partial charge >= 0.3 is 11.9 Å². The van der Waals surface area contributed by atoms with Crippen LogP contribution in [0.15, 0.2) is 46.2 Å². The van der Waals surface area contributed by atoms with E-state index >= 15 is 0 Å². The predicted octanol–water partition coefficient (Wildman–Crippen LogP) is 7.48. The Balaban J connectivity index is 2.42. The van der Waals surface area contributed by atoms with Gasteiger partial charge < -0.3 is 29.6 Å². The van der Waals surface area contributed by atoms with Gasteiger partial charge in [0.25, 0.3) is 11.8 Å². The van der Waals surface area contributed by atoms with Crippen LogP contribution in [0.2, 0.25) is 0 Å². The highest BCUT2D eigenvalue weighted by molar-refractivity contribution is 8.76. The molecule has 0 fully saturated rings. The van der Waals surface area contributed by atoms with Gasteiger partial charge in [-0.15, -0.1) is 0 Å². The van der Waals surface area contributed by atoms with Crippen molar-refractivity contribution in [2.45, 2.75) is 115 Å². The molecule has 0 aliphatic rings. The summed E-state index contributed by atoms with van der Waals surface area (Å²) in [6.45, 7) is 18.6. The third kappa shape index (κ3) is 13.6. The van der Waals surface area contributed by atoms with Gasteiger partial charge in [0, 0.05) is 9.79 Å². The molecule has 0 spiro atoms. The van der Waals surface area contributed by atoms with Gasteiger partial charge in [-0.05, 0) is 103 Å². The fourth-order valence-corrected chi connectivity index (χ4v) is 6.83. The van der Waals surface area contributed by atoms with Gasteiger partial charge in [-0.2, -0.15) is 0 Å². The van der Waals surface area contributed by atoms with E-state index in [0.717, 1.165) is 0 Å². The number of amides is 2. The van der Waals surface area contributed by atoms with Crippen LogP contribution in [-0.4, -0.2) is 61.3 Å². The van der Waals surface area contributed by atoms with Crippen molar-refractivity contribution in [2.24, 2.45) is 11.8 Å². The molecule has 0 unspecified atom stereocenters. The number of nitrogens with one attached hydrogen (secondary N) is 2. The van der Waals surface area contributed by atoms with E-state index < -0.39 is 47.0 Å². The minimum Gasteiger partial charge on any atom is -0.497 e. The van der Waals surface area contributed by atoms with Crippen LogP contribution in [-0.2, 0) is 19.1 Å². The predicted molar refractivity (Wildman–Crippen MR) is 191 cm³/mol. The first kappa shape index (κ1) is 40.8. The van der Waals surface area contributed by atoms with Gasteiger partial charge in [0.15, 0.2) is 0 Å². The highest BCUT2D eigenvalue weighted by Gasteiger charge is 2.30. The highest BCUT2D eigenvalue weighted by Crippen LogP contribution is 2.43. The number of carbonyl (C=O) groups excluding carboxylic acids is 4. The normalized spacial score (nSPS) is 13.0. The molecule has 0 aliphatic carbocycles. The van der Waals surface area contributed by atoms with E-state index in [1.54, 1.807) is 77.9 Å². The molecule has 0 saturated heterocycles. The Kier molecular flexibility index (Phi) is 15.2. The fourth-order valence-electron chi connectivity index (χ4n) is 4.45. The second kappa shape index (κ2) is 17.9. The number of hydrogen-bond acceptors (Lipinski definition) is 10. The van der Waals surface area contributed by atoms with Crippen molar-refractivity contribution in [3.63, 3.8) is 0 Å². The van der Waals surface area contributed by atoms with Gasteiger partial charge in [0.2, 0.25) is 0 Å². The number of esters is 2. The summed E-state index contributed by atoms with van der Waals surface area (Å²) >= 11 is 0. The maximum Gasteiger partial charge on any atom is 0.329 e. The SMILES string of the molecule is COc1ccc(C(=O)N[C@@H](CC(C)C)C(=O)OC(C)(C)C)c(SSc2cc(OC)ccc2C(=O)N[C@H](CC(C)C)C(=O)OC(C)(C)C)c1. The number of methoxy groups -OCH3 is 2. The molecule has 0 bridgehead atoms. The minimum atomic E-state index is -0.846. The van der Waals surface area contributed by atoms with Crippen LogP contribution in [0.3, 0.4) is 0 Å². The third-order valence-corrected chi connectivity index (χ3v) is 8.94.